The quantitative estimate of drug-likeness (QED) is 0.335. The summed E-state index contributed by atoms with van der Waals surface area (Å²) in [5.41, 5.74) is -0.341. The van der Waals surface area contributed by atoms with E-state index in [0.717, 1.165) is 39.0 Å². The van der Waals surface area contributed by atoms with Gasteiger partial charge in [0.15, 0.2) is 0 Å². The molecule has 0 unspecified atom stereocenters. The molecule has 1 N–H and O–H groups in total. The summed E-state index contributed by atoms with van der Waals surface area (Å²) in [7, 11) is 0. The number of carbonyl (C=O) groups is 1. The van der Waals surface area contributed by atoms with Gasteiger partial charge in [0, 0.05) is 147 Å². The van der Waals surface area contributed by atoms with E-state index < -0.39 is 17.3 Å². The molecule has 0 heterocycles. The van der Waals surface area contributed by atoms with Crippen LogP contribution in [0.4, 0.5) is 0 Å². The maximum atomic E-state index is 11.2. The Balaban J connectivity index is -0.0000000343. The molecule has 0 radical (unpaired) electrons. The second-order valence-electron chi connectivity index (χ2n) is 2.26. The minimum absolute atomic E-state index is 0. The fourth-order valence-electron chi connectivity index (χ4n) is 0.489. The van der Waals surface area contributed by atoms with Crippen molar-refractivity contribution in [1.29, 1.82) is 0 Å². The van der Waals surface area contributed by atoms with Crippen LogP contribution in [0.15, 0.2) is 15.0 Å². The second kappa shape index (κ2) is 28.5. The van der Waals surface area contributed by atoms with Gasteiger partial charge in [0.2, 0.25) is 0 Å². The molecule has 0 saturated heterocycles. The van der Waals surface area contributed by atoms with Crippen molar-refractivity contribution in [2.75, 3.05) is 0 Å². The van der Waals surface area contributed by atoms with E-state index in [1.165, 1.54) is 6.92 Å². The van der Waals surface area contributed by atoms with E-state index in [9.17, 15) is 15.3 Å². The number of carbonyl (C=O) groups excluding carboxylic acids is 1. The Bertz CT molecular complexity index is 332. The summed E-state index contributed by atoms with van der Waals surface area (Å²) in [4.78, 5) is 11.2. The molecule has 20 heavy (non-hydrogen) atoms. The van der Waals surface area contributed by atoms with Crippen LogP contribution in [0.2, 0.25) is 0 Å². The number of Topliss-reactive ketones (excluding diaryl/α,β-unsaturated/α-hetero) is 1. The summed E-state index contributed by atoms with van der Waals surface area (Å²) in [6.07, 6.45) is 0. The van der Waals surface area contributed by atoms with Gasteiger partial charge in [-0.05, 0) is 0 Å². The molecule has 0 aromatic rings. The van der Waals surface area contributed by atoms with Crippen molar-refractivity contribution in [3.63, 3.8) is 0 Å². The van der Waals surface area contributed by atoms with Gasteiger partial charge in [-0.2, -0.15) is 0 Å². The normalized spacial score (nSPS) is 7.50. The third-order valence-electron chi connectivity index (χ3n) is 1.24. The van der Waals surface area contributed by atoms with Crippen molar-refractivity contribution >= 4 is 15.4 Å². The van der Waals surface area contributed by atoms with Gasteiger partial charge in [0.25, 0.3) is 0 Å². The van der Waals surface area contributed by atoms with Gasteiger partial charge in [0.1, 0.15) is 0 Å². The first kappa shape index (κ1) is 49.8. The molecule has 0 atom stereocenters. The first-order valence-corrected chi connectivity index (χ1v) is 6.04. The number of nitrogens with zero attached hydrogens (tertiary/aromatic N) is 2. The molecule has 0 aliphatic rings. The van der Waals surface area contributed by atoms with Crippen molar-refractivity contribution in [2.24, 2.45) is 3.50 Å². The zero-order chi connectivity index (χ0) is 10.6. The summed E-state index contributed by atoms with van der Waals surface area (Å²) in [5.74, 6) is -0.953. The summed E-state index contributed by atoms with van der Waals surface area (Å²) >= 11 is 1.87. The largest absolute Gasteiger partial charge is 0 e. The van der Waals surface area contributed by atoms with Crippen molar-refractivity contribution in [3.05, 3.63) is 16.9 Å². The smallest absolute Gasteiger partial charge is 0 e. The van der Waals surface area contributed by atoms with Crippen LogP contribution in [-0.4, -0.2) is 20.5 Å². The molecule has 112 valence electrons. The predicted molar refractivity (Wildman–Crippen MR) is 41.8 cm³/mol. The molecule has 0 fully saturated rings. The van der Waals surface area contributed by atoms with E-state index in [4.69, 9.17) is 0 Å². The van der Waals surface area contributed by atoms with Crippen LogP contribution in [0.1, 0.15) is 13.8 Å². The number of rotatable bonds is 4. The van der Waals surface area contributed by atoms with E-state index in [2.05, 4.69) is 3.50 Å². The Hall–Kier alpha value is 4.74. The van der Waals surface area contributed by atoms with E-state index in [1.54, 1.807) is 6.92 Å². The fourth-order valence-corrected chi connectivity index (χ4v) is 1.15. The monoisotopic (exact) mass is 1810 g/mol. The first-order chi connectivity index (χ1) is 5.91. The molecular formula is C7H7N2O2W9-. The molecule has 0 aromatic carbocycles. The molecule has 4 nitrogen and oxygen atoms in total. The van der Waals surface area contributed by atoms with Gasteiger partial charge in [-0.25, -0.2) is 0 Å². The zero-order valence-corrected chi connectivity index (χ0v) is 36.3. The molecule has 0 bridgehead atoms. The minimum atomic E-state index is -0.616. The van der Waals surface area contributed by atoms with E-state index in [0.29, 0.717) is 3.90 Å². The molecule has 13 heteroatoms. The average Bonchev–Trinajstić information content (AvgIpc) is 2.12. The summed E-state index contributed by atoms with van der Waals surface area (Å²) in [6.45, 7) is 3.13. The summed E-state index contributed by atoms with van der Waals surface area (Å²) < 4.78 is 4.23. The maximum absolute atomic E-state index is 11.2. The number of aliphatic hydroxyl groups is 1. The summed E-state index contributed by atoms with van der Waals surface area (Å²) in [5, 5.41) is 18.6. The average molecular weight is 1810 g/mol. The van der Waals surface area contributed by atoms with Crippen LogP contribution in [0, 0.1) is 0 Å². The van der Waals surface area contributed by atoms with Crippen LogP contribution < -0.4 is 0 Å². The van der Waals surface area contributed by atoms with Crippen LogP contribution in [0.3, 0.4) is 0 Å². The summed E-state index contributed by atoms with van der Waals surface area (Å²) in [6, 6.07) is 0. The molecule has 0 saturated carbocycles. The number of hydrogen-bond donors (Lipinski definition) is 1. The van der Waals surface area contributed by atoms with Crippen LogP contribution in [0.25, 0.3) is 5.41 Å². The Morgan fingerprint density at radius 1 is 1.00 bits per heavy atom. The minimum Gasteiger partial charge on any atom is 0 e. The Morgan fingerprint density at radius 2 is 1.30 bits per heavy atom. The number of ketones is 1. The third-order valence-corrected chi connectivity index (χ3v) is 2.89. The van der Waals surface area contributed by atoms with Gasteiger partial charge >= 0.3 is 98.5 Å². The van der Waals surface area contributed by atoms with Gasteiger partial charge in [-0.3, -0.25) is 0 Å². The zero-order valence-electron chi connectivity index (χ0n) is 9.92. The predicted octanol–water partition coefficient (Wildman–Crippen LogP) is 0.807. The van der Waals surface area contributed by atoms with E-state index in [-0.39, 0.29) is 153 Å². The van der Waals surface area contributed by atoms with Crippen LogP contribution in [-0.2, 0) is 191 Å². The van der Waals surface area contributed by atoms with Gasteiger partial charge in [0.05, 0.1) is 0 Å². The van der Waals surface area contributed by atoms with E-state index >= 15 is 0 Å². The van der Waals surface area contributed by atoms with Gasteiger partial charge < -0.3 is 0 Å². The standard InChI is InChI=1S/C7H7N2O2.9W/c1-3-5(10)6(9)7(11)4(2)8;;;;;;;;;/h11H,1-2H3;;;;;;;;;/q-1;;;;;;;;;. The van der Waals surface area contributed by atoms with Crippen LogP contribution >= 0.6 is 0 Å². The van der Waals surface area contributed by atoms with Crippen molar-refractivity contribution < 1.29 is 196 Å². The number of allylic oxidation sites excluding steroid dienone is 2. The molecule has 0 amide bonds. The maximum Gasteiger partial charge on any atom is 0 e. The number of hydrogen-bond acceptors (Lipinski definition) is 3. The van der Waals surface area contributed by atoms with Crippen LogP contribution in [0.5, 0.6) is 0 Å². The van der Waals surface area contributed by atoms with Gasteiger partial charge in [-0.15, -0.1) is 0 Å². The second-order valence-corrected chi connectivity index (χ2v) is 5.12. The van der Waals surface area contributed by atoms with Crippen molar-refractivity contribution in [3.8, 4) is 0 Å². The first-order valence-electron chi connectivity index (χ1n) is 3.26. The molecule has 0 spiro atoms. The van der Waals surface area contributed by atoms with Crippen molar-refractivity contribution in [2.45, 2.75) is 13.8 Å². The Labute approximate surface area is 241 Å². The van der Waals surface area contributed by atoms with Crippen molar-refractivity contribution in [1.82, 2.24) is 0 Å². The number of aliphatic hydroxyl groups excluding tert-OH is 1. The molecular weight excluding hydrogens is 1800 g/mol. The Morgan fingerprint density at radius 3 is 1.50 bits per heavy atom. The third kappa shape index (κ3) is 20.8. The molecule has 0 aliphatic heterocycles. The van der Waals surface area contributed by atoms with Gasteiger partial charge in [-0.1, -0.05) is 0 Å². The van der Waals surface area contributed by atoms with E-state index in [1.807, 2.05) is 0 Å². The topological polar surface area (TPSA) is 72.0 Å². The SMILES string of the molecule is C[C](=[W])C(=O)C(=[N-])C(O)=C(C)[N]=[W].[W].[W].[W].[W].[W].[W].[W]. The fraction of sp³-hybridized carbons (Fsp3) is 0.286. The molecule has 0 rings (SSSR count). The Kier molecular flexibility index (Phi) is 71.0. The molecule has 0 aromatic heterocycles. The molecule has 0 aliphatic carbocycles.